The van der Waals surface area contributed by atoms with Gasteiger partial charge in [-0.15, -0.1) is 0 Å². The third kappa shape index (κ3) is 3.41. The Labute approximate surface area is 115 Å². The molecule has 0 amide bonds. The number of benzene rings is 1. The number of anilines is 1. The van der Waals surface area contributed by atoms with Crippen molar-refractivity contribution >= 4 is 17.1 Å². The van der Waals surface area contributed by atoms with Crippen LogP contribution in [0.1, 0.15) is 32.1 Å². The molecule has 1 saturated carbocycles. The fourth-order valence-corrected chi connectivity index (χ4v) is 2.32. The summed E-state index contributed by atoms with van der Waals surface area (Å²) in [5.41, 5.74) is 5.52. The molecule has 20 heavy (non-hydrogen) atoms. The second-order valence-corrected chi connectivity index (χ2v) is 4.82. The minimum Gasteiger partial charge on any atom is -0.315 e. The predicted octanol–water partition coefficient (Wildman–Crippen LogP) is 2.75. The summed E-state index contributed by atoms with van der Waals surface area (Å²) < 4.78 is 0. The van der Waals surface area contributed by atoms with E-state index in [4.69, 9.17) is 0 Å². The second-order valence-electron chi connectivity index (χ2n) is 4.82. The molecule has 8 nitrogen and oxygen atoms in total. The van der Waals surface area contributed by atoms with Crippen LogP contribution in [0.2, 0.25) is 0 Å². The Hall–Kier alpha value is -2.22. The fourth-order valence-electron chi connectivity index (χ4n) is 2.32. The number of hydrogen-bond donors (Lipinski definition) is 2. The van der Waals surface area contributed by atoms with Crippen molar-refractivity contribution in [2.24, 2.45) is 0 Å². The molecule has 0 aliphatic heterocycles. The lowest BCUT2D eigenvalue weighted by molar-refractivity contribution is -0.393. The SMILES string of the molecule is O=[N+]([O-])c1ccc(NNC2CCCCC2)c([N+](=O)[O-])c1. The molecule has 0 unspecified atom stereocenters. The first kappa shape index (κ1) is 14.2. The van der Waals surface area contributed by atoms with Gasteiger partial charge in [0.1, 0.15) is 5.69 Å². The first-order valence-electron chi connectivity index (χ1n) is 6.52. The normalized spacial score (nSPS) is 15.8. The molecule has 108 valence electrons. The molecule has 2 rings (SSSR count). The van der Waals surface area contributed by atoms with Crippen LogP contribution in [-0.2, 0) is 0 Å². The van der Waals surface area contributed by atoms with E-state index in [2.05, 4.69) is 10.9 Å². The summed E-state index contributed by atoms with van der Waals surface area (Å²) in [6, 6.07) is 3.84. The second kappa shape index (κ2) is 6.29. The van der Waals surface area contributed by atoms with E-state index < -0.39 is 9.85 Å². The third-order valence-corrected chi connectivity index (χ3v) is 3.40. The van der Waals surface area contributed by atoms with Gasteiger partial charge in [-0.05, 0) is 18.9 Å². The number of nitro groups is 2. The van der Waals surface area contributed by atoms with Crippen LogP contribution in [0.15, 0.2) is 18.2 Å². The molecule has 1 aliphatic rings. The van der Waals surface area contributed by atoms with E-state index in [1.54, 1.807) is 0 Å². The highest BCUT2D eigenvalue weighted by molar-refractivity contribution is 5.64. The van der Waals surface area contributed by atoms with Crippen molar-refractivity contribution in [2.75, 3.05) is 5.43 Å². The van der Waals surface area contributed by atoms with Crippen LogP contribution in [0.3, 0.4) is 0 Å². The van der Waals surface area contributed by atoms with E-state index in [-0.39, 0.29) is 23.1 Å². The Kier molecular flexibility index (Phi) is 4.46. The Morgan fingerprint density at radius 1 is 1.05 bits per heavy atom. The largest absolute Gasteiger partial charge is 0.315 e. The van der Waals surface area contributed by atoms with Gasteiger partial charge in [0.2, 0.25) is 0 Å². The van der Waals surface area contributed by atoms with Gasteiger partial charge >= 0.3 is 5.69 Å². The van der Waals surface area contributed by atoms with Gasteiger partial charge in [0.05, 0.1) is 15.9 Å². The topological polar surface area (TPSA) is 110 Å². The van der Waals surface area contributed by atoms with Gasteiger partial charge in [0.15, 0.2) is 0 Å². The lowest BCUT2D eigenvalue weighted by atomic mass is 9.96. The molecule has 0 spiro atoms. The first-order chi connectivity index (χ1) is 9.58. The van der Waals surface area contributed by atoms with Gasteiger partial charge in [-0.25, -0.2) is 5.43 Å². The summed E-state index contributed by atoms with van der Waals surface area (Å²) in [6.45, 7) is 0. The molecule has 1 aromatic rings. The average molecular weight is 280 g/mol. The third-order valence-electron chi connectivity index (χ3n) is 3.40. The smallest absolute Gasteiger partial charge is 0.300 e. The number of nitro benzene ring substituents is 2. The zero-order valence-electron chi connectivity index (χ0n) is 10.9. The number of non-ortho nitro benzene ring substituents is 1. The van der Waals surface area contributed by atoms with Crippen molar-refractivity contribution in [3.63, 3.8) is 0 Å². The monoisotopic (exact) mass is 280 g/mol. The van der Waals surface area contributed by atoms with Gasteiger partial charge in [0.25, 0.3) is 5.69 Å². The molecular weight excluding hydrogens is 264 g/mol. The van der Waals surface area contributed by atoms with Gasteiger partial charge in [-0.3, -0.25) is 20.2 Å². The van der Waals surface area contributed by atoms with Crippen molar-refractivity contribution in [3.05, 3.63) is 38.4 Å². The summed E-state index contributed by atoms with van der Waals surface area (Å²) in [7, 11) is 0. The summed E-state index contributed by atoms with van der Waals surface area (Å²) in [6.07, 6.45) is 5.54. The molecular formula is C12H16N4O4. The Morgan fingerprint density at radius 3 is 2.35 bits per heavy atom. The molecule has 0 saturated heterocycles. The van der Waals surface area contributed by atoms with Crippen molar-refractivity contribution < 1.29 is 9.85 Å². The van der Waals surface area contributed by atoms with Gasteiger partial charge in [-0.1, -0.05) is 19.3 Å². The van der Waals surface area contributed by atoms with Crippen LogP contribution in [-0.4, -0.2) is 15.9 Å². The summed E-state index contributed by atoms with van der Waals surface area (Å²) >= 11 is 0. The van der Waals surface area contributed by atoms with Crippen molar-refractivity contribution in [1.82, 2.24) is 5.43 Å². The molecule has 1 aromatic carbocycles. The predicted molar refractivity (Wildman–Crippen MR) is 73.4 cm³/mol. The summed E-state index contributed by atoms with van der Waals surface area (Å²) in [5.74, 6) is 0. The molecule has 1 aliphatic carbocycles. The van der Waals surface area contributed by atoms with Crippen LogP contribution >= 0.6 is 0 Å². The van der Waals surface area contributed by atoms with E-state index in [1.807, 2.05) is 0 Å². The van der Waals surface area contributed by atoms with Gasteiger partial charge < -0.3 is 5.43 Å². The maximum Gasteiger partial charge on any atom is 0.300 e. The number of nitrogens with zero attached hydrogens (tertiary/aromatic N) is 2. The van der Waals surface area contributed by atoms with E-state index in [0.717, 1.165) is 31.7 Å². The van der Waals surface area contributed by atoms with Crippen LogP contribution < -0.4 is 10.9 Å². The van der Waals surface area contributed by atoms with E-state index >= 15 is 0 Å². The lowest BCUT2D eigenvalue weighted by Gasteiger charge is -2.23. The Balaban J connectivity index is 2.09. The van der Waals surface area contributed by atoms with Gasteiger partial charge in [-0.2, -0.15) is 0 Å². The maximum atomic E-state index is 11.0. The zero-order chi connectivity index (χ0) is 14.5. The van der Waals surface area contributed by atoms with Crippen LogP contribution in [0.4, 0.5) is 17.1 Å². The van der Waals surface area contributed by atoms with E-state index in [0.29, 0.717) is 0 Å². The Morgan fingerprint density at radius 2 is 1.75 bits per heavy atom. The van der Waals surface area contributed by atoms with Gasteiger partial charge in [0, 0.05) is 12.1 Å². The number of nitrogens with one attached hydrogen (secondary N) is 2. The lowest BCUT2D eigenvalue weighted by Crippen LogP contribution is -2.35. The highest BCUT2D eigenvalue weighted by Gasteiger charge is 2.20. The van der Waals surface area contributed by atoms with E-state index in [1.165, 1.54) is 18.6 Å². The molecule has 0 aromatic heterocycles. The molecule has 0 atom stereocenters. The molecule has 2 N–H and O–H groups in total. The minimum absolute atomic E-state index is 0.242. The fraction of sp³-hybridized carbons (Fsp3) is 0.500. The Bertz CT molecular complexity index is 514. The zero-order valence-corrected chi connectivity index (χ0v) is 10.9. The molecule has 0 heterocycles. The molecule has 1 fully saturated rings. The van der Waals surface area contributed by atoms with Crippen LogP contribution in [0.25, 0.3) is 0 Å². The standard InChI is InChI=1S/C12H16N4O4/c17-15(18)10-6-7-11(12(8-10)16(19)20)14-13-9-4-2-1-3-5-9/h6-9,13-14H,1-5H2. The van der Waals surface area contributed by atoms with Crippen molar-refractivity contribution in [2.45, 2.75) is 38.1 Å². The number of hydrogen-bond acceptors (Lipinski definition) is 6. The average Bonchev–Trinajstić information content (AvgIpc) is 2.45. The van der Waals surface area contributed by atoms with Crippen LogP contribution in [0, 0.1) is 20.2 Å². The quantitative estimate of drug-likeness (QED) is 0.633. The minimum atomic E-state index is -0.647. The van der Waals surface area contributed by atoms with Crippen molar-refractivity contribution in [3.8, 4) is 0 Å². The highest BCUT2D eigenvalue weighted by atomic mass is 16.6. The number of rotatable bonds is 5. The van der Waals surface area contributed by atoms with Crippen LogP contribution in [0.5, 0.6) is 0 Å². The molecule has 0 radical (unpaired) electrons. The molecule has 0 bridgehead atoms. The molecule has 8 heteroatoms. The summed E-state index contributed by atoms with van der Waals surface area (Å²) in [5, 5.41) is 21.6. The highest BCUT2D eigenvalue weighted by Crippen LogP contribution is 2.28. The number of hydrazine groups is 1. The van der Waals surface area contributed by atoms with E-state index in [9.17, 15) is 20.2 Å². The summed E-state index contributed by atoms with van der Waals surface area (Å²) in [4.78, 5) is 20.3. The first-order valence-corrected chi connectivity index (χ1v) is 6.52. The maximum absolute atomic E-state index is 11.0. The van der Waals surface area contributed by atoms with Crippen molar-refractivity contribution in [1.29, 1.82) is 0 Å².